The summed E-state index contributed by atoms with van der Waals surface area (Å²) in [5.41, 5.74) is -19.6. The summed E-state index contributed by atoms with van der Waals surface area (Å²) in [5, 5.41) is -8.00. The van der Waals surface area contributed by atoms with Crippen molar-refractivity contribution in [2.75, 3.05) is 0 Å². The van der Waals surface area contributed by atoms with Crippen LogP contribution in [0.25, 0.3) is 0 Å². The number of rotatable bonds is 6. The maximum atomic E-state index is 14.5. The minimum Gasteiger partial charge on any atom is -0.318 e. The minimum atomic E-state index is -6.18. The SMILES string of the molecule is FC(F)(F)c1ccc(P(OP(c2ccc(C(F)(F)F)cc2C(F)(F)F)c2ccc(C(F)(F)F)cc2C(F)(F)F)c2ccc(C(F)(F)F)cc2C(F)(F)F)c(C(F)(F)F)c1. The van der Waals surface area contributed by atoms with Gasteiger partial charge in [0.05, 0.1) is 60.8 Å². The second kappa shape index (κ2) is 15.5. The quantitative estimate of drug-likeness (QED) is 0.138. The van der Waals surface area contributed by atoms with E-state index in [-0.39, 0.29) is 48.5 Å². The molecule has 0 N–H and O–H groups in total. The van der Waals surface area contributed by atoms with Crippen LogP contribution >= 0.6 is 16.3 Å². The first-order valence-electron chi connectivity index (χ1n) is 14.7. The van der Waals surface area contributed by atoms with Gasteiger partial charge in [0.15, 0.2) is 0 Å². The Morgan fingerprint density at radius 2 is 0.424 bits per heavy atom. The van der Waals surface area contributed by atoms with Crippen molar-refractivity contribution in [1.82, 2.24) is 0 Å². The van der Waals surface area contributed by atoms with Crippen molar-refractivity contribution in [2.45, 2.75) is 49.4 Å². The van der Waals surface area contributed by atoms with E-state index in [2.05, 4.69) is 0 Å². The van der Waals surface area contributed by atoms with Crippen molar-refractivity contribution in [3.63, 3.8) is 0 Å². The number of halogens is 24. The largest absolute Gasteiger partial charge is 0.417 e. The molecule has 1 nitrogen and oxygen atoms in total. The predicted molar refractivity (Wildman–Crippen MR) is 159 cm³/mol. The van der Waals surface area contributed by atoms with Gasteiger partial charge in [-0.25, -0.2) is 0 Å². The van der Waals surface area contributed by atoms with Crippen LogP contribution in [-0.2, 0) is 53.7 Å². The van der Waals surface area contributed by atoms with Crippen molar-refractivity contribution < 1.29 is 110 Å². The average molecular weight is 930 g/mol. The van der Waals surface area contributed by atoms with Gasteiger partial charge in [0.1, 0.15) is 0 Å². The van der Waals surface area contributed by atoms with Gasteiger partial charge in [-0.1, -0.05) is 24.3 Å². The molecule has 4 aromatic rings. The van der Waals surface area contributed by atoms with Gasteiger partial charge in [-0.05, 0) is 48.5 Å². The second-order valence-electron chi connectivity index (χ2n) is 11.6. The van der Waals surface area contributed by atoms with Gasteiger partial charge in [0, 0.05) is 21.2 Å². The zero-order chi connectivity index (χ0) is 45.3. The van der Waals surface area contributed by atoms with E-state index in [0.717, 1.165) is 0 Å². The second-order valence-corrected chi connectivity index (χ2v) is 15.3. The Hall–Kier alpha value is -3.98. The van der Waals surface area contributed by atoms with E-state index in [4.69, 9.17) is 4.31 Å². The molecule has 4 aromatic carbocycles. The lowest BCUT2D eigenvalue weighted by atomic mass is 10.1. The molecule has 0 fully saturated rings. The lowest BCUT2D eigenvalue weighted by Crippen LogP contribution is -2.31. The Morgan fingerprint density at radius 1 is 0.254 bits per heavy atom. The van der Waals surface area contributed by atoms with Crippen molar-refractivity contribution >= 4 is 37.5 Å². The Bertz CT molecular complexity index is 1860. The Kier molecular flexibility index (Phi) is 12.5. The zero-order valence-corrected chi connectivity index (χ0v) is 29.1. The van der Waals surface area contributed by atoms with E-state index in [1.54, 1.807) is 0 Å². The highest BCUT2D eigenvalue weighted by Gasteiger charge is 2.48. The molecule has 59 heavy (non-hydrogen) atoms. The third kappa shape index (κ3) is 10.9. The molecule has 0 unspecified atom stereocenters. The summed E-state index contributed by atoms with van der Waals surface area (Å²) in [6.07, 6.45) is -47.6. The molecule has 0 aromatic heterocycles. The standard InChI is InChI=1S/C32H12F24OP2/c33-25(34,35)13-1-5-21(17(9-13)29(45,46)47)58(22-6-2-14(26(36,37)38)10-18(22)30(48,49)50)57-59(23-7-3-15(27(39,40)41)11-19(23)31(51,52)53)24-8-4-16(28(42,43)44)12-20(24)32(54,55)56/h1-12H. The fraction of sp³-hybridized carbons (Fsp3) is 0.250. The minimum absolute atomic E-state index is 0.304. The van der Waals surface area contributed by atoms with E-state index < -0.39 is 156 Å². The predicted octanol–water partition coefficient (Wildman–Crippen LogP) is 13.2. The van der Waals surface area contributed by atoms with Crippen LogP contribution in [0, 0.1) is 0 Å². The molecule has 4 rings (SSSR count). The molecule has 0 saturated carbocycles. The average Bonchev–Trinajstić information content (AvgIpc) is 3.05. The van der Waals surface area contributed by atoms with Crippen LogP contribution in [0.4, 0.5) is 105 Å². The highest BCUT2D eigenvalue weighted by Crippen LogP contribution is 2.57. The molecule has 0 radical (unpaired) electrons. The molecule has 0 heterocycles. The smallest absolute Gasteiger partial charge is 0.318 e. The Morgan fingerprint density at radius 3 is 0.559 bits per heavy atom. The molecule has 0 atom stereocenters. The molecule has 27 heteroatoms. The highest BCUT2D eigenvalue weighted by atomic mass is 31.2. The molecular weight excluding hydrogens is 918 g/mol. The first kappa shape index (κ1) is 47.7. The van der Waals surface area contributed by atoms with E-state index >= 15 is 0 Å². The monoisotopic (exact) mass is 930 g/mol. The summed E-state index contributed by atoms with van der Waals surface area (Å²) < 4.78 is 342. The summed E-state index contributed by atoms with van der Waals surface area (Å²) in [6, 6.07) is -5.76. The maximum Gasteiger partial charge on any atom is 0.417 e. The molecule has 0 amide bonds. The van der Waals surface area contributed by atoms with Gasteiger partial charge >= 0.3 is 49.4 Å². The molecule has 0 saturated heterocycles. The molecular formula is C32H12F24OP2. The van der Waals surface area contributed by atoms with Crippen LogP contribution in [0.2, 0.25) is 0 Å². The van der Waals surface area contributed by atoms with E-state index in [1.807, 2.05) is 0 Å². The first-order valence-corrected chi connectivity index (χ1v) is 17.3. The number of benzene rings is 4. The molecule has 324 valence electrons. The van der Waals surface area contributed by atoms with Gasteiger partial charge in [-0.2, -0.15) is 105 Å². The van der Waals surface area contributed by atoms with Crippen LogP contribution < -0.4 is 21.2 Å². The van der Waals surface area contributed by atoms with E-state index in [9.17, 15) is 105 Å². The summed E-state index contributed by atoms with van der Waals surface area (Å²) in [4.78, 5) is 0. The van der Waals surface area contributed by atoms with Crippen LogP contribution in [-0.4, -0.2) is 0 Å². The number of hydrogen-bond donors (Lipinski definition) is 0. The summed E-state index contributed by atoms with van der Waals surface area (Å²) >= 11 is 0. The maximum absolute atomic E-state index is 14.5. The number of hydrogen-bond acceptors (Lipinski definition) is 1. The first-order chi connectivity index (χ1) is 26.3. The lowest BCUT2D eigenvalue weighted by Gasteiger charge is -2.32. The van der Waals surface area contributed by atoms with Crippen LogP contribution in [0.5, 0.6) is 0 Å². The fourth-order valence-corrected chi connectivity index (χ4v) is 10.0. The van der Waals surface area contributed by atoms with Crippen LogP contribution in [0.3, 0.4) is 0 Å². The van der Waals surface area contributed by atoms with Crippen molar-refractivity contribution in [3.05, 3.63) is 117 Å². The van der Waals surface area contributed by atoms with Crippen LogP contribution in [0.1, 0.15) is 44.5 Å². The van der Waals surface area contributed by atoms with Crippen molar-refractivity contribution in [1.29, 1.82) is 0 Å². The third-order valence-corrected chi connectivity index (χ3v) is 12.2. The molecule has 0 aliphatic rings. The fourth-order valence-electron chi connectivity index (χ4n) is 4.98. The van der Waals surface area contributed by atoms with E-state index in [1.165, 1.54) is 0 Å². The summed E-state index contributed by atoms with van der Waals surface area (Å²) in [5.74, 6) is 0. The molecule has 0 aliphatic heterocycles. The normalized spacial score (nSPS) is 14.1. The Balaban J connectivity index is 2.30. The van der Waals surface area contributed by atoms with Gasteiger partial charge in [0.2, 0.25) is 0 Å². The topological polar surface area (TPSA) is 9.23 Å². The Labute approximate surface area is 314 Å². The van der Waals surface area contributed by atoms with E-state index in [0.29, 0.717) is 0 Å². The summed E-state index contributed by atoms with van der Waals surface area (Å²) in [7, 11) is -9.37. The van der Waals surface area contributed by atoms with Crippen molar-refractivity contribution in [3.8, 4) is 0 Å². The van der Waals surface area contributed by atoms with Gasteiger partial charge in [-0.3, -0.25) is 0 Å². The van der Waals surface area contributed by atoms with Crippen LogP contribution in [0.15, 0.2) is 72.8 Å². The molecule has 0 spiro atoms. The highest BCUT2D eigenvalue weighted by molar-refractivity contribution is 7.80. The molecule has 0 bridgehead atoms. The third-order valence-electron chi connectivity index (χ3n) is 7.56. The van der Waals surface area contributed by atoms with Gasteiger partial charge in [-0.15, -0.1) is 0 Å². The van der Waals surface area contributed by atoms with Crippen molar-refractivity contribution in [2.24, 2.45) is 0 Å². The zero-order valence-electron chi connectivity index (χ0n) is 27.3. The summed E-state index contributed by atoms with van der Waals surface area (Å²) in [6.45, 7) is 0. The van der Waals surface area contributed by atoms with Gasteiger partial charge < -0.3 is 4.31 Å². The number of alkyl halides is 24. The van der Waals surface area contributed by atoms with Gasteiger partial charge in [0.25, 0.3) is 0 Å². The molecule has 0 aliphatic carbocycles. The lowest BCUT2D eigenvalue weighted by molar-refractivity contribution is -0.144.